The fourth-order valence-corrected chi connectivity index (χ4v) is 4.01. The number of halogens is 1. The third-order valence-corrected chi connectivity index (χ3v) is 5.33. The van der Waals surface area contributed by atoms with Crippen molar-refractivity contribution >= 4 is 39.9 Å². The number of imidazole rings is 1. The van der Waals surface area contributed by atoms with Gasteiger partial charge in [-0.3, -0.25) is 4.79 Å². The summed E-state index contributed by atoms with van der Waals surface area (Å²) in [6.45, 7) is 5.37. The summed E-state index contributed by atoms with van der Waals surface area (Å²) in [5.41, 5.74) is 2.84. The summed E-state index contributed by atoms with van der Waals surface area (Å²) >= 11 is 7.85. The normalized spacial score (nSPS) is 11.2. The maximum atomic E-state index is 12.7. The first-order valence-electron chi connectivity index (χ1n) is 7.96. The third kappa shape index (κ3) is 3.06. The van der Waals surface area contributed by atoms with Crippen molar-refractivity contribution in [3.63, 3.8) is 0 Å². The number of thiophene rings is 1. The zero-order chi connectivity index (χ0) is 17.3. The summed E-state index contributed by atoms with van der Waals surface area (Å²) in [5, 5.41) is 2.64. The molecule has 0 aliphatic rings. The Bertz CT molecular complexity index is 884. The van der Waals surface area contributed by atoms with Gasteiger partial charge in [-0.2, -0.15) is 0 Å². The van der Waals surface area contributed by atoms with Gasteiger partial charge in [0.05, 0.1) is 27.5 Å². The topological polar surface area (TPSA) is 38.1 Å². The van der Waals surface area contributed by atoms with Crippen molar-refractivity contribution in [2.45, 2.75) is 33.4 Å². The maximum absolute atomic E-state index is 12.7. The number of amides is 1. The summed E-state index contributed by atoms with van der Waals surface area (Å²) in [7, 11) is 1.82. The van der Waals surface area contributed by atoms with Gasteiger partial charge in [0, 0.05) is 13.6 Å². The molecule has 1 aromatic carbocycles. The van der Waals surface area contributed by atoms with E-state index in [1.54, 1.807) is 4.90 Å². The van der Waals surface area contributed by atoms with E-state index in [0.29, 0.717) is 11.6 Å². The molecule has 2 aromatic heterocycles. The third-order valence-electron chi connectivity index (χ3n) is 4.03. The summed E-state index contributed by atoms with van der Waals surface area (Å²) < 4.78 is 2.13. The number of hydrogen-bond donors (Lipinski definition) is 0. The Morgan fingerprint density at radius 2 is 2.17 bits per heavy atom. The lowest BCUT2D eigenvalue weighted by atomic mass is 10.2. The van der Waals surface area contributed by atoms with Gasteiger partial charge < -0.3 is 9.47 Å². The fraction of sp³-hybridized carbons (Fsp3) is 0.333. The SMILES string of the molecule is CCCn1c(CN(C)C(=O)c2sccc2C)nc2cccc(Cl)c21. The zero-order valence-electron chi connectivity index (χ0n) is 14.0. The Morgan fingerprint density at radius 1 is 1.38 bits per heavy atom. The summed E-state index contributed by atoms with van der Waals surface area (Å²) in [5.74, 6) is 0.897. The molecule has 3 rings (SSSR count). The average Bonchev–Trinajstić information content (AvgIpc) is 3.12. The average molecular weight is 362 g/mol. The second-order valence-electron chi connectivity index (χ2n) is 5.88. The van der Waals surface area contributed by atoms with E-state index < -0.39 is 0 Å². The zero-order valence-corrected chi connectivity index (χ0v) is 15.6. The van der Waals surface area contributed by atoms with E-state index in [-0.39, 0.29) is 5.91 Å². The van der Waals surface area contributed by atoms with Gasteiger partial charge in [-0.1, -0.05) is 24.6 Å². The molecule has 2 heterocycles. The van der Waals surface area contributed by atoms with Crippen LogP contribution in [0.25, 0.3) is 11.0 Å². The second kappa shape index (κ2) is 6.95. The molecular weight excluding hydrogens is 342 g/mol. The first-order valence-corrected chi connectivity index (χ1v) is 9.21. The number of aryl methyl sites for hydroxylation is 2. The predicted octanol–water partition coefficient (Wildman–Crippen LogP) is 4.74. The Balaban J connectivity index is 1.94. The van der Waals surface area contributed by atoms with Gasteiger partial charge in [0.25, 0.3) is 5.91 Å². The molecule has 0 aliphatic carbocycles. The number of hydrogen-bond acceptors (Lipinski definition) is 3. The molecule has 126 valence electrons. The molecule has 0 radical (unpaired) electrons. The smallest absolute Gasteiger partial charge is 0.264 e. The lowest BCUT2D eigenvalue weighted by Crippen LogP contribution is -2.27. The highest BCUT2D eigenvalue weighted by Gasteiger charge is 2.19. The van der Waals surface area contributed by atoms with Crippen LogP contribution in [0.4, 0.5) is 0 Å². The van der Waals surface area contributed by atoms with E-state index >= 15 is 0 Å². The molecule has 0 bridgehead atoms. The monoisotopic (exact) mass is 361 g/mol. The minimum absolute atomic E-state index is 0.0312. The minimum atomic E-state index is 0.0312. The molecule has 24 heavy (non-hydrogen) atoms. The van der Waals surface area contributed by atoms with Crippen LogP contribution < -0.4 is 0 Å². The molecule has 0 fully saturated rings. The van der Waals surface area contributed by atoms with Crippen LogP contribution in [0.5, 0.6) is 0 Å². The first-order chi connectivity index (χ1) is 11.5. The Morgan fingerprint density at radius 3 is 2.83 bits per heavy atom. The number of carbonyl (C=O) groups excluding carboxylic acids is 1. The fourth-order valence-electron chi connectivity index (χ4n) is 2.82. The number of benzene rings is 1. The van der Waals surface area contributed by atoms with Crippen LogP contribution in [-0.2, 0) is 13.1 Å². The molecule has 0 spiro atoms. The number of para-hydroxylation sites is 1. The Labute approximate surface area is 150 Å². The van der Waals surface area contributed by atoms with E-state index in [0.717, 1.165) is 40.3 Å². The van der Waals surface area contributed by atoms with Crippen molar-refractivity contribution in [3.8, 4) is 0 Å². The van der Waals surface area contributed by atoms with Gasteiger partial charge in [0.1, 0.15) is 5.82 Å². The molecule has 0 saturated carbocycles. The largest absolute Gasteiger partial charge is 0.334 e. The van der Waals surface area contributed by atoms with Crippen LogP contribution in [0, 0.1) is 6.92 Å². The Kier molecular flexibility index (Phi) is 4.92. The van der Waals surface area contributed by atoms with E-state index in [1.165, 1.54) is 11.3 Å². The van der Waals surface area contributed by atoms with Crippen LogP contribution in [0.1, 0.15) is 34.4 Å². The van der Waals surface area contributed by atoms with Crippen LogP contribution in [0.2, 0.25) is 5.02 Å². The minimum Gasteiger partial charge on any atom is -0.334 e. The van der Waals surface area contributed by atoms with Crippen LogP contribution >= 0.6 is 22.9 Å². The molecule has 0 unspecified atom stereocenters. The van der Waals surface area contributed by atoms with Crippen molar-refractivity contribution in [2.24, 2.45) is 0 Å². The highest BCUT2D eigenvalue weighted by Crippen LogP contribution is 2.26. The van der Waals surface area contributed by atoms with Crippen LogP contribution in [-0.4, -0.2) is 27.4 Å². The molecule has 0 atom stereocenters. The standard InChI is InChI=1S/C18H20ClN3OS/c1-4-9-22-15(20-14-7-5-6-13(19)16(14)22)11-21(3)18(23)17-12(2)8-10-24-17/h5-8,10H,4,9,11H2,1-3H3. The molecule has 0 aliphatic heterocycles. The summed E-state index contributed by atoms with van der Waals surface area (Å²) in [6.07, 6.45) is 0.978. The quantitative estimate of drug-likeness (QED) is 0.658. The van der Waals surface area contributed by atoms with Gasteiger partial charge >= 0.3 is 0 Å². The predicted molar refractivity (Wildman–Crippen MR) is 99.9 cm³/mol. The number of carbonyl (C=O) groups is 1. The second-order valence-corrected chi connectivity index (χ2v) is 7.20. The summed E-state index contributed by atoms with van der Waals surface area (Å²) in [6, 6.07) is 7.72. The van der Waals surface area contributed by atoms with Gasteiger partial charge in [-0.15, -0.1) is 11.3 Å². The Hall–Kier alpha value is -1.85. The van der Waals surface area contributed by atoms with Gasteiger partial charge in [-0.05, 0) is 42.5 Å². The number of aromatic nitrogens is 2. The van der Waals surface area contributed by atoms with Gasteiger partial charge in [0.15, 0.2) is 0 Å². The van der Waals surface area contributed by atoms with Crippen molar-refractivity contribution < 1.29 is 4.79 Å². The van der Waals surface area contributed by atoms with Gasteiger partial charge in [-0.25, -0.2) is 4.98 Å². The highest BCUT2D eigenvalue weighted by atomic mass is 35.5. The number of fused-ring (bicyclic) bond motifs is 1. The van der Waals surface area contributed by atoms with E-state index in [2.05, 4.69) is 11.5 Å². The maximum Gasteiger partial charge on any atom is 0.264 e. The number of nitrogens with zero attached hydrogens (tertiary/aromatic N) is 3. The van der Waals surface area contributed by atoms with E-state index in [9.17, 15) is 4.79 Å². The number of rotatable bonds is 5. The highest BCUT2D eigenvalue weighted by molar-refractivity contribution is 7.12. The molecule has 4 nitrogen and oxygen atoms in total. The lowest BCUT2D eigenvalue weighted by Gasteiger charge is -2.17. The summed E-state index contributed by atoms with van der Waals surface area (Å²) in [4.78, 5) is 19.9. The van der Waals surface area contributed by atoms with E-state index in [4.69, 9.17) is 16.6 Å². The van der Waals surface area contributed by atoms with Crippen molar-refractivity contribution in [3.05, 3.63) is 50.9 Å². The van der Waals surface area contributed by atoms with Crippen molar-refractivity contribution in [1.82, 2.24) is 14.5 Å². The molecule has 0 N–H and O–H groups in total. The van der Waals surface area contributed by atoms with Crippen LogP contribution in [0.15, 0.2) is 29.6 Å². The van der Waals surface area contributed by atoms with Crippen LogP contribution in [0.3, 0.4) is 0 Å². The molecule has 3 aromatic rings. The molecule has 0 saturated heterocycles. The first kappa shape index (κ1) is 17.0. The molecule has 6 heteroatoms. The van der Waals surface area contributed by atoms with Gasteiger partial charge in [0.2, 0.25) is 0 Å². The molecular formula is C18H20ClN3OS. The van der Waals surface area contributed by atoms with Crippen molar-refractivity contribution in [2.75, 3.05) is 7.05 Å². The lowest BCUT2D eigenvalue weighted by molar-refractivity contribution is 0.0784. The van der Waals surface area contributed by atoms with Crippen molar-refractivity contribution in [1.29, 1.82) is 0 Å². The molecule has 1 amide bonds. The van der Waals surface area contributed by atoms with E-state index in [1.807, 2.05) is 43.6 Å².